The van der Waals surface area contributed by atoms with E-state index in [1.807, 2.05) is 30.3 Å². The first kappa shape index (κ1) is 20.5. The molecule has 0 bridgehead atoms. The second-order valence-electron chi connectivity index (χ2n) is 7.07. The van der Waals surface area contributed by atoms with Gasteiger partial charge < -0.3 is 25.0 Å². The Bertz CT molecular complexity index is 841. The summed E-state index contributed by atoms with van der Waals surface area (Å²) in [5.74, 6) is 1.34. The van der Waals surface area contributed by atoms with Gasteiger partial charge in [-0.05, 0) is 30.0 Å². The first-order chi connectivity index (χ1) is 14.1. The first-order valence-corrected chi connectivity index (χ1v) is 9.67. The van der Waals surface area contributed by atoms with Gasteiger partial charge in [0.05, 0.1) is 14.2 Å². The highest BCUT2D eigenvalue weighted by molar-refractivity contribution is 5.90. The smallest absolute Gasteiger partial charge is 0.321 e. The van der Waals surface area contributed by atoms with E-state index in [1.54, 1.807) is 37.3 Å². The van der Waals surface area contributed by atoms with Gasteiger partial charge in [0.1, 0.15) is 0 Å². The minimum atomic E-state index is -0.176. The van der Waals surface area contributed by atoms with Crippen molar-refractivity contribution >= 4 is 17.6 Å². The van der Waals surface area contributed by atoms with Crippen molar-refractivity contribution < 1.29 is 19.1 Å². The van der Waals surface area contributed by atoms with Gasteiger partial charge in [0, 0.05) is 37.8 Å². The van der Waals surface area contributed by atoms with E-state index in [2.05, 4.69) is 10.6 Å². The van der Waals surface area contributed by atoms with E-state index in [4.69, 9.17) is 9.47 Å². The maximum Gasteiger partial charge on any atom is 0.321 e. The number of ether oxygens (including phenoxy) is 2. The summed E-state index contributed by atoms with van der Waals surface area (Å²) >= 11 is 0. The Hall–Kier alpha value is -3.22. The van der Waals surface area contributed by atoms with E-state index in [0.717, 1.165) is 12.0 Å². The summed E-state index contributed by atoms with van der Waals surface area (Å²) in [4.78, 5) is 26.5. The number of methoxy groups -OCH3 is 2. The van der Waals surface area contributed by atoms with Gasteiger partial charge in [-0.2, -0.15) is 0 Å². The van der Waals surface area contributed by atoms with Crippen molar-refractivity contribution in [2.24, 2.45) is 5.92 Å². The zero-order valence-electron chi connectivity index (χ0n) is 16.8. The van der Waals surface area contributed by atoms with Crippen molar-refractivity contribution in [3.63, 3.8) is 0 Å². The van der Waals surface area contributed by atoms with Gasteiger partial charge in [0.15, 0.2) is 11.5 Å². The average molecular weight is 397 g/mol. The third-order valence-electron chi connectivity index (χ3n) is 5.01. The van der Waals surface area contributed by atoms with Crippen molar-refractivity contribution in [1.29, 1.82) is 0 Å². The van der Waals surface area contributed by atoms with Gasteiger partial charge in [-0.25, -0.2) is 4.79 Å². The number of likely N-dealkylation sites (tertiary alicyclic amines) is 1. The van der Waals surface area contributed by atoms with Crippen LogP contribution in [0.3, 0.4) is 0 Å². The van der Waals surface area contributed by atoms with Gasteiger partial charge in [0.2, 0.25) is 5.91 Å². The Morgan fingerprint density at radius 2 is 1.83 bits per heavy atom. The lowest BCUT2D eigenvalue weighted by atomic mass is 10.0. The first-order valence-electron chi connectivity index (χ1n) is 9.67. The lowest BCUT2D eigenvalue weighted by Gasteiger charge is -2.18. The fourth-order valence-electron chi connectivity index (χ4n) is 3.43. The lowest BCUT2D eigenvalue weighted by Crippen LogP contribution is -2.33. The van der Waals surface area contributed by atoms with E-state index in [-0.39, 0.29) is 17.9 Å². The van der Waals surface area contributed by atoms with Crippen LogP contribution in [0.4, 0.5) is 10.5 Å². The molecule has 29 heavy (non-hydrogen) atoms. The quantitative estimate of drug-likeness (QED) is 0.752. The van der Waals surface area contributed by atoms with Crippen LogP contribution in [0.25, 0.3) is 0 Å². The molecule has 1 aliphatic heterocycles. The molecule has 1 atom stereocenters. The molecule has 0 radical (unpaired) electrons. The summed E-state index contributed by atoms with van der Waals surface area (Å²) in [7, 11) is 3.12. The number of nitrogens with one attached hydrogen (secondary N) is 2. The number of urea groups is 1. The van der Waals surface area contributed by atoms with Gasteiger partial charge in [0.25, 0.3) is 0 Å². The van der Waals surface area contributed by atoms with Crippen LogP contribution >= 0.6 is 0 Å². The highest BCUT2D eigenvalue weighted by Crippen LogP contribution is 2.30. The third-order valence-corrected chi connectivity index (χ3v) is 5.01. The standard InChI is InChI=1S/C22H27N3O4/c1-28-19-9-8-18(13-20(19)29-2)24-22(27)25-11-10-17(15-25)12-21(26)23-14-16-6-4-3-5-7-16/h3-9,13,17H,10-12,14-15H2,1-2H3,(H,23,26)(H,24,27). The third kappa shape index (κ3) is 5.63. The maximum atomic E-state index is 12.6. The molecular weight excluding hydrogens is 370 g/mol. The fraction of sp³-hybridized carbons (Fsp3) is 0.364. The average Bonchev–Trinajstić information content (AvgIpc) is 3.21. The van der Waals surface area contributed by atoms with Gasteiger partial charge in [-0.1, -0.05) is 30.3 Å². The zero-order chi connectivity index (χ0) is 20.6. The number of carbonyl (C=O) groups excluding carboxylic acids is 2. The Balaban J connectivity index is 1.46. The molecule has 2 aromatic carbocycles. The second-order valence-corrected chi connectivity index (χ2v) is 7.07. The van der Waals surface area contributed by atoms with Crippen LogP contribution in [0.1, 0.15) is 18.4 Å². The summed E-state index contributed by atoms with van der Waals surface area (Å²) in [6.07, 6.45) is 1.24. The Kier molecular flexibility index (Phi) is 6.94. The Labute approximate surface area is 171 Å². The van der Waals surface area contributed by atoms with Crippen LogP contribution in [0.2, 0.25) is 0 Å². The summed E-state index contributed by atoms with van der Waals surface area (Å²) < 4.78 is 10.5. The van der Waals surface area contributed by atoms with Crippen LogP contribution in [0, 0.1) is 5.92 Å². The molecule has 0 aliphatic carbocycles. The fourth-order valence-corrected chi connectivity index (χ4v) is 3.43. The second kappa shape index (κ2) is 9.82. The molecule has 0 saturated carbocycles. The van der Waals surface area contributed by atoms with Gasteiger partial charge in [-0.3, -0.25) is 4.79 Å². The molecule has 7 nitrogen and oxygen atoms in total. The molecule has 0 spiro atoms. The number of carbonyl (C=O) groups is 2. The highest BCUT2D eigenvalue weighted by Gasteiger charge is 2.28. The summed E-state index contributed by atoms with van der Waals surface area (Å²) in [5.41, 5.74) is 1.71. The molecule has 2 aromatic rings. The van der Waals surface area contributed by atoms with Crippen molar-refractivity contribution in [2.75, 3.05) is 32.6 Å². The van der Waals surface area contributed by atoms with E-state index in [0.29, 0.717) is 43.2 Å². The molecule has 1 aliphatic rings. The predicted molar refractivity (Wildman–Crippen MR) is 111 cm³/mol. The molecule has 3 rings (SSSR count). The van der Waals surface area contributed by atoms with Crippen LogP contribution in [0.15, 0.2) is 48.5 Å². The lowest BCUT2D eigenvalue weighted by molar-refractivity contribution is -0.122. The van der Waals surface area contributed by atoms with Crippen molar-refractivity contribution in [1.82, 2.24) is 10.2 Å². The highest BCUT2D eigenvalue weighted by atomic mass is 16.5. The van der Waals surface area contributed by atoms with Crippen molar-refractivity contribution in [2.45, 2.75) is 19.4 Å². The van der Waals surface area contributed by atoms with Crippen molar-refractivity contribution in [3.8, 4) is 11.5 Å². The number of hydrogen-bond acceptors (Lipinski definition) is 4. The maximum absolute atomic E-state index is 12.6. The number of rotatable bonds is 7. The van der Waals surface area contributed by atoms with Gasteiger partial charge in [-0.15, -0.1) is 0 Å². The summed E-state index contributed by atoms with van der Waals surface area (Å²) in [6, 6.07) is 14.9. The topological polar surface area (TPSA) is 79.9 Å². The van der Waals surface area contributed by atoms with Crippen LogP contribution in [-0.4, -0.2) is 44.1 Å². The molecule has 0 aromatic heterocycles. The summed E-state index contributed by atoms with van der Waals surface area (Å²) in [5, 5.41) is 5.83. The number of nitrogens with zero attached hydrogens (tertiary/aromatic N) is 1. The minimum Gasteiger partial charge on any atom is -0.493 e. The SMILES string of the molecule is COc1ccc(NC(=O)N2CCC(CC(=O)NCc3ccccc3)C2)cc1OC. The zero-order valence-corrected chi connectivity index (χ0v) is 16.8. The van der Waals surface area contributed by atoms with E-state index >= 15 is 0 Å². The van der Waals surface area contributed by atoms with Crippen molar-refractivity contribution in [3.05, 3.63) is 54.1 Å². The predicted octanol–water partition coefficient (Wildman–Crippen LogP) is 3.26. The van der Waals surface area contributed by atoms with Crippen LogP contribution < -0.4 is 20.1 Å². The molecule has 2 N–H and O–H groups in total. The van der Waals surface area contributed by atoms with E-state index in [1.165, 1.54) is 0 Å². The molecule has 3 amide bonds. The largest absolute Gasteiger partial charge is 0.493 e. The number of amides is 3. The minimum absolute atomic E-state index is 0.0148. The molecule has 1 unspecified atom stereocenters. The molecule has 7 heteroatoms. The van der Waals surface area contributed by atoms with E-state index < -0.39 is 0 Å². The molecule has 154 valence electrons. The Morgan fingerprint density at radius 1 is 1.07 bits per heavy atom. The summed E-state index contributed by atoms with van der Waals surface area (Å²) in [6.45, 7) is 1.73. The van der Waals surface area contributed by atoms with Gasteiger partial charge >= 0.3 is 6.03 Å². The monoisotopic (exact) mass is 397 g/mol. The molecular formula is C22H27N3O4. The normalized spacial score (nSPS) is 15.7. The van der Waals surface area contributed by atoms with Crippen LogP contribution in [-0.2, 0) is 11.3 Å². The number of anilines is 1. The van der Waals surface area contributed by atoms with Crippen LogP contribution in [0.5, 0.6) is 11.5 Å². The molecule has 1 heterocycles. The Morgan fingerprint density at radius 3 is 2.55 bits per heavy atom. The molecule has 1 fully saturated rings. The number of hydrogen-bond donors (Lipinski definition) is 2. The molecule has 1 saturated heterocycles. The van der Waals surface area contributed by atoms with E-state index in [9.17, 15) is 9.59 Å². The number of benzene rings is 2.